The van der Waals surface area contributed by atoms with Crippen molar-refractivity contribution in [3.63, 3.8) is 0 Å². The fourth-order valence-corrected chi connectivity index (χ4v) is 3.06. The number of hydrogen-bond donors (Lipinski definition) is 1. The zero-order valence-electron chi connectivity index (χ0n) is 13.3. The molecule has 0 radical (unpaired) electrons. The van der Waals surface area contributed by atoms with E-state index in [1.54, 1.807) is 24.5 Å². The maximum absolute atomic E-state index is 12.1. The van der Waals surface area contributed by atoms with Gasteiger partial charge in [-0.2, -0.15) is 0 Å². The molecule has 0 fully saturated rings. The third-order valence-corrected chi connectivity index (χ3v) is 4.48. The molecule has 0 bridgehead atoms. The first kappa shape index (κ1) is 16.3. The van der Waals surface area contributed by atoms with Crippen LogP contribution in [-0.4, -0.2) is 13.0 Å². The van der Waals surface area contributed by atoms with Gasteiger partial charge in [0.25, 0.3) is 0 Å². The van der Waals surface area contributed by atoms with Crippen molar-refractivity contribution in [2.75, 3.05) is 7.11 Å². The van der Waals surface area contributed by atoms with Gasteiger partial charge < -0.3 is 10.1 Å². The van der Waals surface area contributed by atoms with Gasteiger partial charge in [0.05, 0.1) is 13.2 Å². The number of nitrogens with one attached hydrogen (secondary N) is 1. The van der Waals surface area contributed by atoms with Crippen LogP contribution in [0.15, 0.2) is 35.7 Å². The number of aryl methyl sites for hydroxylation is 2. The Balaban J connectivity index is 2.07. The summed E-state index contributed by atoms with van der Waals surface area (Å²) in [6.07, 6.45) is 3.44. The minimum Gasteiger partial charge on any atom is -0.496 e. The fraction of sp³-hybridized carbons (Fsp3) is 0.278. The standard InChI is InChI=1S/C18H21NO2S/c1-12-5-6-16(21-4)15(11-12)14(3)19-18(20)8-7-17-13(2)9-10-22-17/h5-11,14H,1-4H3,(H,19,20)/b8-7+/t14-/m0/s1. The topological polar surface area (TPSA) is 38.3 Å². The molecule has 0 aliphatic carbocycles. The summed E-state index contributed by atoms with van der Waals surface area (Å²) in [6, 6.07) is 7.89. The van der Waals surface area contributed by atoms with Crippen LogP contribution in [0.2, 0.25) is 0 Å². The molecule has 0 spiro atoms. The minimum atomic E-state index is -0.114. The number of benzene rings is 1. The smallest absolute Gasteiger partial charge is 0.244 e. The van der Waals surface area contributed by atoms with Crippen LogP contribution < -0.4 is 10.1 Å². The van der Waals surface area contributed by atoms with Crippen LogP contribution >= 0.6 is 11.3 Å². The summed E-state index contributed by atoms with van der Waals surface area (Å²) in [6.45, 7) is 6.02. The van der Waals surface area contributed by atoms with Crippen LogP contribution in [0, 0.1) is 13.8 Å². The molecule has 1 N–H and O–H groups in total. The Morgan fingerprint density at radius 2 is 2.09 bits per heavy atom. The number of rotatable bonds is 5. The molecule has 1 aromatic carbocycles. The maximum atomic E-state index is 12.1. The number of amides is 1. The monoisotopic (exact) mass is 315 g/mol. The van der Waals surface area contributed by atoms with E-state index in [4.69, 9.17) is 4.74 Å². The van der Waals surface area contributed by atoms with Gasteiger partial charge in [0.15, 0.2) is 0 Å². The second kappa shape index (κ2) is 7.27. The zero-order chi connectivity index (χ0) is 16.1. The van der Waals surface area contributed by atoms with E-state index in [1.165, 1.54) is 5.56 Å². The van der Waals surface area contributed by atoms with Gasteiger partial charge in [-0.05, 0) is 49.9 Å². The van der Waals surface area contributed by atoms with Crippen molar-refractivity contribution in [2.45, 2.75) is 26.8 Å². The highest BCUT2D eigenvalue weighted by Gasteiger charge is 2.13. The number of thiophene rings is 1. The SMILES string of the molecule is COc1ccc(C)cc1[C@H](C)NC(=O)/C=C/c1sccc1C. The Morgan fingerprint density at radius 3 is 2.73 bits per heavy atom. The van der Waals surface area contributed by atoms with Crippen molar-refractivity contribution in [3.05, 3.63) is 57.3 Å². The van der Waals surface area contributed by atoms with Crippen molar-refractivity contribution in [2.24, 2.45) is 0 Å². The van der Waals surface area contributed by atoms with E-state index in [1.807, 2.05) is 56.5 Å². The summed E-state index contributed by atoms with van der Waals surface area (Å²) >= 11 is 1.63. The number of carbonyl (C=O) groups excluding carboxylic acids is 1. The lowest BCUT2D eigenvalue weighted by molar-refractivity contribution is -0.117. The third kappa shape index (κ3) is 3.98. The van der Waals surface area contributed by atoms with Gasteiger partial charge in [0.1, 0.15) is 5.75 Å². The average molecular weight is 315 g/mol. The van der Waals surface area contributed by atoms with E-state index >= 15 is 0 Å². The molecule has 2 aromatic rings. The van der Waals surface area contributed by atoms with E-state index in [2.05, 4.69) is 5.32 Å². The predicted octanol–water partition coefficient (Wildman–Crippen LogP) is 4.26. The van der Waals surface area contributed by atoms with Crippen molar-refractivity contribution < 1.29 is 9.53 Å². The largest absolute Gasteiger partial charge is 0.496 e. The zero-order valence-corrected chi connectivity index (χ0v) is 14.2. The molecule has 1 atom stereocenters. The molecular formula is C18H21NO2S. The Hall–Kier alpha value is -2.07. The average Bonchev–Trinajstić information content (AvgIpc) is 2.90. The molecule has 0 saturated carbocycles. The van der Waals surface area contributed by atoms with Gasteiger partial charge in [0.2, 0.25) is 5.91 Å². The van der Waals surface area contributed by atoms with Gasteiger partial charge in [-0.15, -0.1) is 11.3 Å². The molecular weight excluding hydrogens is 294 g/mol. The van der Waals surface area contributed by atoms with Crippen LogP contribution in [-0.2, 0) is 4.79 Å². The van der Waals surface area contributed by atoms with Crippen molar-refractivity contribution in [3.8, 4) is 5.75 Å². The molecule has 1 amide bonds. The second-order valence-corrected chi connectivity index (χ2v) is 6.22. The fourth-order valence-electron chi connectivity index (χ4n) is 2.24. The highest BCUT2D eigenvalue weighted by molar-refractivity contribution is 7.11. The van der Waals surface area contributed by atoms with Crippen molar-refractivity contribution >= 4 is 23.3 Å². The first-order valence-electron chi connectivity index (χ1n) is 7.18. The van der Waals surface area contributed by atoms with Crippen LogP contribution in [0.25, 0.3) is 6.08 Å². The van der Waals surface area contributed by atoms with Gasteiger partial charge in [0, 0.05) is 16.5 Å². The highest BCUT2D eigenvalue weighted by atomic mass is 32.1. The van der Waals surface area contributed by atoms with Crippen LogP contribution in [0.3, 0.4) is 0 Å². The van der Waals surface area contributed by atoms with Crippen LogP contribution in [0.5, 0.6) is 5.75 Å². The molecule has 1 aromatic heterocycles. The van der Waals surface area contributed by atoms with E-state index in [0.29, 0.717) is 0 Å². The lowest BCUT2D eigenvalue weighted by Gasteiger charge is -2.17. The molecule has 0 unspecified atom stereocenters. The molecule has 0 aliphatic rings. The maximum Gasteiger partial charge on any atom is 0.244 e. The number of ether oxygens (including phenoxy) is 1. The van der Waals surface area contributed by atoms with E-state index in [9.17, 15) is 4.79 Å². The first-order valence-corrected chi connectivity index (χ1v) is 8.06. The normalized spacial score (nSPS) is 12.4. The Bertz CT molecular complexity index is 688. The molecule has 116 valence electrons. The molecule has 0 saturated heterocycles. The Kier molecular flexibility index (Phi) is 5.39. The molecule has 1 heterocycles. The minimum absolute atomic E-state index is 0.108. The van der Waals surface area contributed by atoms with Crippen molar-refractivity contribution in [1.29, 1.82) is 0 Å². The summed E-state index contributed by atoms with van der Waals surface area (Å²) in [5, 5.41) is 5.00. The first-order chi connectivity index (χ1) is 10.5. The molecule has 22 heavy (non-hydrogen) atoms. The van der Waals surface area contributed by atoms with Gasteiger partial charge in [-0.3, -0.25) is 4.79 Å². The highest BCUT2D eigenvalue weighted by Crippen LogP contribution is 2.26. The summed E-state index contributed by atoms with van der Waals surface area (Å²) in [7, 11) is 1.64. The van der Waals surface area contributed by atoms with E-state index < -0.39 is 0 Å². The van der Waals surface area contributed by atoms with Gasteiger partial charge in [-0.1, -0.05) is 17.7 Å². The van der Waals surface area contributed by atoms with Crippen LogP contribution in [0.1, 0.15) is 34.5 Å². The molecule has 2 rings (SSSR count). The molecule has 3 nitrogen and oxygen atoms in total. The Morgan fingerprint density at radius 1 is 1.32 bits per heavy atom. The summed E-state index contributed by atoms with van der Waals surface area (Å²) in [5.74, 6) is 0.681. The number of hydrogen-bond acceptors (Lipinski definition) is 3. The lowest BCUT2D eigenvalue weighted by atomic mass is 10.0. The quantitative estimate of drug-likeness (QED) is 0.837. The van der Waals surface area contributed by atoms with Gasteiger partial charge >= 0.3 is 0 Å². The third-order valence-electron chi connectivity index (χ3n) is 3.50. The van der Waals surface area contributed by atoms with Crippen molar-refractivity contribution in [1.82, 2.24) is 5.32 Å². The molecule has 0 aliphatic heterocycles. The number of carbonyl (C=O) groups is 1. The summed E-state index contributed by atoms with van der Waals surface area (Å²) in [4.78, 5) is 13.2. The van der Waals surface area contributed by atoms with E-state index in [-0.39, 0.29) is 11.9 Å². The van der Waals surface area contributed by atoms with Gasteiger partial charge in [-0.25, -0.2) is 0 Å². The predicted molar refractivity (Wildman–Crippen MR) is 92.4 cm³/mol. The summed E-state index contributed by atoms with van der Waals surface area (Å²) in [5.41, 5.74) is 3.31. The number of methoxy groups -OCH3 is 1. The second-order valence-electron chi connectivity index (χ2n) is 5.28. The van der Waals surface area contributed by atoms with E-state index in [0.717, 1.165) is 21.8 Å². The van der Waals surface area contributed by atoms with Crippen LogP contribution in [0.4, 0.5) is 0 Å². The summed E-state index contributed by atoms with van der Waals surface area (Å²) < 4.78 is 5.37. The lowest BCUT2D eigenvalue weighted by Crippen LogP contribution is -2.25. The molecule has 4 heteroatoms. The Labute approximate surface area is 135 Å².